The highest BCUT2D eigenvalue weighted by Crippen LogP contribution is 2.36. The molecule has 0 saturated carbocycles. The number of nitrogens with zero attached hydrogens (tertiary/aromatic N) is 5. The fourth-order valence-electron chi connectivity index (χ4n) is 3.11. The van der Waals surface area contributed by atoms with Gasteiger partial charge in [-0.3, -0.25) is 4.98 Å². The normalized spacial score (nSPS) is 12.9. The van der Waals surface area contributed by atoms with E-state index in [0.717, 1.165) is 16.8 Å². The lowest BCUT2D eigenvalue weighted by Crippen LogP contribution is -2.12. The standard InChI is InChI=1S/C18H13F6N5S/c1-3-30-14-6-12-11(26-16(28(12)2)18(22,23)24)4-13(14)29-8-9-7-25-15(17(19,20)21)5-10(9)27-29/h4-8H,3H2,1-2H3. The zero-order chi connectivity index (χ0) is 21.8. The molecule has 0 aliphatic rings. The molecule has 0 saturated heterocycles. The molecule has 30 heavy (non-hydrogen) atoms. The lowest BCUT2D eigenvalue weighted by atomic mass is 10.2. The van der Waals surface area contributed by atoms with Crippen molar-refractivity contribution in [3.8, 4) is 5.69 Å². The van der Waals surface area contributed by atoms with Gasteiger partial charge < -0.3 is 4.57 Å². The molecule has 3 aromatic heterocycles. The highest BCUT2D eigenvalue weighted by molar-refractivity contribution is 7.99. The lowest BCUT2D eigenvalue weighted by Gasteiger charge is -2.09. The summed E-state index contributed by atoms with van der Waals surface area (Å²) >= 11 is 1.38. The Morgan fingerprint density at radius 2 is 1.73 bits per heavy atom. The Morgan fingerprint density at radius 1 is 1.00 bits per heavy atom. The first-order valence-electron chi connectivity index (χ1n) is 8.62. The Morgan fingerprint density at radius 3 is 2.37 bits per heavy atom. The molecule has 0 fully saturated rings. The number of alkyl halides is 6. The van der Waals surface area contributed by atoms with Crippen LogP contribution < -0.4 is 0 Å². The SMILES string of the molecule is CCSc1cc2c(cc1-n1cc3cnc(C(F)(F)F)cc3n1)nc(C(F)(F)F)n2C. The van der Waals surface area contributed by atoms with Crippen molar-refractivity contribution in [1.29, 1.82) is 0 Å². The van der Waals surface area contributed by atoms with Gasteiger partial charge in [0.2, 0.25) is 5.82 Å². The molecule has 0 amide bonds. The molecule has 0 radical (unpaired) electrons. The van der Waals surface area contributed by atoms with Crippen molar-refractivity contribution in [2.75, 3.05) is 5.75 Å². The number of rotatable bonds is 3. The molecule has 0 bridgehead atoms. The van der Waals surface area contributed by atoms with Gasteiger partial charge in [-0.2, -0.15) is 31.4 Å². The van der Waals surface area contributed by atoms with Gasteiger partial charge in [0.15, 0.2) is 0 Å². The van der Waals surface area contributed by atoms with E-state index >= 15 is 0 Å². The third-order valence-electron chi connectivity index (χ3n) is 4.44. The monoisotopic (exact) mass is 445 g/mol. The van der Waals surface area contributed by atoms with E-state index in [1.54, 1.807) is 6.07 Å². The van der Waals surface area contributed by atoms with Crippen LogP contribution in [-0.4, -0.2) is 30.1 Å². The molecule has 0 atom stereocenters. The number of imidazole rings is 1. The smallest absolute Gasteiger partial charge is 0.323 e. The molecule has 5 nitrogen and oxygen atoms in total. The summed E-state index contributed by atoms with van der Waals surface area (Å²) in [5.74, 6) is -0.407. The molecule has 3 heterocycles. The number of halogens is 6. The second-order valence-electron chi connectivity index (χ2n) is 6.43. The number of benzene rings is 1. The van der Waals surface area contributed by atoms with E-state index in [4.69, 9.17) is 0 Å². The van der Waals surface area contributed by atoms with Crippen molar-refractivity contribution in [1.82, 2.24) is 24.3 Å². The summed E-state index contributed by atoms with van der Waals surface area (Å²) < 4.78 is 80.7. The fraction of sp³-hybridized carbons (Fsp3) is 0.278. The van der Waals surface area contributed by atoms with Crippen LogP contribution >= 0.6 is 11.8 Å². The van der Waals surface area contributed by atoms with Gasteiger partial charge in [-0.1, -0.05) is 6.92 Å². The van der Waals surface area contributed by atoms with E-state index in [2.05, 4.69) is 15.1 Å². The van der Waals surface area contributed by atoms with Gasteiger partial charge in [0.1, 0.15) is 5.69 Å². The zero-order valence-corrected chi connectivity index (χ0v) is 16.3. The Bertz CT molecular complexity index is 1250. The molecule has 158 valence electrons. The molecule has 12 heteroatoms. The number of thioether (sulfide) groups is 1. The van der Waals surface area contributed by atoms with E-state index in [-0.39, 0.29) is 11.0 Å². The number of pyridine rings is 1. The van der Waals surface area contributed by atoms with Crippen molar-refractivity contribution in [3.63, 3.8) is 0 Å². The Kier molecular flexibility index (Phi) is 4.71. The topological polar surface area (TPSA) is 48.5 Å². The van der Waals surface area contributed by atoms with Crippen molar-refractivity contribution in [2.45, 2.75) is 24.2 Å². The van der Waals surface area contributed by atoms with E-state index < -0.39 is 23.9 Å². The van der Waals surface area contributed by atoms with Gasteiger partial charge in [0.05, 0.1) is 22.2 Å². The minimum atomic E-state index is -4.62. The highest BCUT2D eigenvalue weighted by atomic mass is 32.2. The molecule has 0 aliphatic carbocycles. The molecule has 0 N–H and O–H groups in total. The van der Waals surface area contributed by atoms with Crippen LogP contribution in [0.5, 0.6) is 0 Å². The summed E-state index contributed by atoms with van der Waals surface area (Å²) in [4.78, 5) is 7.73. The quantitative estimate of drug-likeness (QED) is 0.311. The number of hydrogen-bond acceptors (Lipinski definition) is 4. The van der Waals surface area contributed by atoms with Crippen LogP contribution in [0.1, 0.15) is 18.4 Å². The van der Waals surface area contributed by atoms with Crippen LogP contribution in [0.3, 0.4) is 0 Å². The minimum absolute atomic E-state index is 0.0712. The van der Waals surface area contributed by atoms with Gasteiger partial charge >= 0.3 is 12.4 Å². The van der Waals surface area contributed by atoms with Crippen molar-refractivity contribution >= 4 is 33.7 Å². The van der Waals surface area contributed by atoms with Gasteiger partial charge in [0, 0.05) is 29.7 Å². The van der Waals surface area contributed by atoms with E-state index in [1.807, 2.05) is 6.92 Å². The Hall–Kier alpha value is -2.76. The third-order valence-corrected chi connectivity index (χ3v) is 5.37. The van der Waals surface area contributed by atoms with E-state index in [0.29, 0.717) is 27.2 Å². The second kappa shape index (κ2) is 6.89. The van der Waals surface area contributed by atoms with Crippen LogP contribution in [0.15, 0.2) is 35.5 Å². The van der Waals surface area contributed by atoms with Crippen molar-refractivity contribution in [3.05, 3.63) is 42.1 Å². The van der Waals surface area contributed by atoms with Crippen LogP contribution in [0.2, 0.25) is 0 Å². The first-order chi connectivity index (χ1) is 14.0. The maximum atomic E-state index is 13.2. The summed E-state index contributed by atoms with van der Waals surface area (Å²) in [6.07, 6.45) is -6.68. The minimum Gasteiger partial charge on any atom is -0.323 e. The highest BCUT2D eigenvalue weighted by Gasteiger charge is 2.37. The number of aromatic nitrogens is 5. The maximum Gasteiger partial charge on any atom is 0.449 e. The second-order valence-corrected chi connectivity index (χ2v) is 7.74. The van der Waals surface area contributed by atoms with E-state index in [1.165, 1.54) is 35.8 Å². The van der Waals surface area contributed by atoms with Gasteiger partial charge in [-0.25, -0.2) is 9.67 Å². The van der Waals surface area contributed by atoms with Crippen molar-refractivity contribution in [2.24, 2.45) is 7.05 Å². The van der Waals surface area contributed by atoms with Crippen molar-refractivity contribution < 1.29 is 26.3 Å². The van der Waals surface area contributed by atoms with Gasteiger partial charge in [0.25, 0.3) is 0 Å². The molecule has 1 aromatic carbocycles. The number of aryl methyl sites for hydroxylation is 1. The summed E-state index contributed by atoms with van der Waals surface area (Å²) in [5.41, 5.74) is -0.181. The van der Waals surface area contributed by atoms with E-state index in [9.17, 15) is 26.3 Å². The summed E-state index contributed by atoms with van der Waals surface area (Å²) in [5, 5.41) is 4.56. The molecule has 4 aromatic rings. The predicted molar refractivity (Wildman–Crippen MR) is 99.5 cm³/mol. The third kappa shape index (κ3) is 3.48. The van der Waals surface area contributed by atoms with Crippen LogP contribution in [0, 0.1) is 0 Å². The first kappa shape index (κ1) is 20.5. The summed E-state index contributed by atoms with van der Waals surface area (Å²) in [6.45, 7) is 1.88. The molecular weight excluding hydrogens is 432 g/mol. The summed E-state index contributed by atoms with van der Waals surface area (Å²) in [6, 6.07) is 3.86. The van der Waals surface area contributed by atoms with Crippen LogP contribution in [0.4, 0.5) is 26.3 Å². The molecule has 0 spiro atoms. The number of fused-ring (bicyclic) bond motifs is 2. The average Bonchev–Trinajstić information content (AvgIpc) is 3.21. The summed E-state index contributed by atoms with van der Waals surface area (Å²) in [7, 11) is 1.28. The van der Waals surface area contributed by atoms with Crippen LogP contribution in [0.25, 0.3) is 27.6 Å². The maximum absolute atomic E-state index is 13.2. The zero-order valence-electron chi connectivity index (χ0n) is 15.5. The van der Waals surface area contributed by atoms with Gasteiger partial charge in [-0.15, -0.1) is 11.8 Å². The molecular formula is C18H13F6N5S. The largest absolute Gasteiger partial charge is 0.449 e. The van der Waals surface area contributed by atoms with Crippen LogP contribution in [-0.2, 0) is 19.4 Å². The Labute approximate surface area is 169 Å². The number of hydrogen-bond donors (Lipinski definition) is 0. The predicted octanol–water partition coefficient (Wildman–Crippen LogP) is 5.46. The molecule has 0 unspecified atom stereocenters. The Balaban J connectivity index is 1.91. The molecule has 4 rings (SSSR count). The average molecular weight is 445 g/mol. The lowest BCUT2D eigenvalue weighted by molar-refractivity contribution is -0.146. The first-order valence-corrected chi connectivity index (χ1v) is 9.61. The fourth-order valence-corrected chi connectivity index (χ4v) is 3.91. The molecule has 0 aliphatic heterocycles. The van der Waals surface area contributed by atoms with Gasteiger partial charge in [-0.05, 0) is 24.0 Å².